The predicted molar refractivity (Wildman–Crippen MR) is 156 cm³/mol. The number of rotatable bonds is 5. The zero-order valence-corrected chi connectivity index (χ0v) is 24.0. The molecule has 1 saturated carbocycles. The number of carbonyl (C=O) groups is 2. The number of carbonyl (C=O) groups excluding carboxylic acids is 2. The van der Waals surface area contributed by atoms with E-state index in [1.165, 1.54) is 12.1 Å². The van der Waals surface area contributed by atoms with Crippen molar-refractivity contribution < 1.29 is 22.7 Å². The molecule has 3 aromatic carbocycles. The lowest BCUT2D eigenvalue weighted by molar-refractivity contribution is 0.0488. The molecule has 0 unspecified atom stereocenters. The quantitative estimate of drug-likeness (QED) is 0.326. The van der Waals surface area contributed by atoms with Crippen molar-refractivity contribution in [2.45, 2.75) is 69.0 Å². The van der Waals surface area contributed by atoms with Gasteiger partial charge in [0.15, 0.2) is 0 Å². The molecule has 1 aliphatic rings. The monoisotopic (exact) mass is 572 g/mol. The van der Waals surface area contributed by atoms with Crippen LogP contribution in [0.5, 0.6) is 0 Å². The average molecular weight is 573 g/mol. The lowest BCUT2D eigenvalue weighted by Gasteiger charge is -2.30. The molecule has 0 spiro atoms. The van der Waals surface area contributed by atoms with Crippen LogP contribution >= 0.6 is 0 Å². The fraction of sp³-hybridized carbons (Fsp3) is 0.323. The second-order valence-corrected chi connectivity index (χ2v) is 13.1. The number of nitrogens with one attached hydrogen (secondary N) is 2. The summed E-state index contributed by atoms with van der Waals surface area (Å²) in [5.74, 6) is -0.521. The van der Waals surface area contributed by atoms with Gasteiger partial charge in [-0.05, 0) is 76.1 Å². The van der Waals surface area contributed by atoms with Crippen LogP contribution in [-0.2, 0) is 14.8 Å². The van der Waals surface area contributed by atoms with Gasteiger partial charge in [0, 0.05) is 22.9 Å². The Balaban J connectivity index is 1.44. The van der Waals surface area contributed by atoms with Gasteiger partial charge in [-0.2, -0.15) is 5.26 Å². The van der Waals surface area contributed by atoms with Crippen molar-refractivity contribution in [1.29, 1.82) is 5.26 Å². The van der Waals surface area contributed by atoms with Gasteiger partial charge in [-0.25, -0.2) is 17.2 Å². The molecular formula is C31H32N4O5S. The number of aromatic nitrogens is 1. The van der Waals surface area contributed by atoms with Crippen molar-refractivity contribution in [3.63, 3.8) is 0 Å². The molecule has 1 heterocycles. The van der Waals surface area contributed by atoms with Crippen LogP contribution in [0.4, 0.5) is 4.79 Å². The smallest absolute Gasteiger partial charge is 0.407 e. The maximum absolute atomic E-state index is 14.2. The van der Waals surface area contributed by atoms with E-state index in [9.17, 15) is 23.3 Å². The number of nitriles is 1. The zero-order chi connectivity index (χ0) is 29.4. The van der Waals surface area contributed by atoms with Gasteiger partial charge in [0.05, 0.1) is 22.0 Å². The zero-order valence-electron chi connectivity index (χ0n) is 23.2. The Kier molecular flexibility index (Phi) is 7.49. The highest BCUT2D eigenvalue weighted by atomic mass is 32.2. The Morgan fingerprint density at radius 1 is 0.902 bits per heavy atom. The van der Waals surface area contributed by atoms with E-state index in [0.717, 1.165) is 9.36 Å². The fourth-order valence-corrected chi connectivity index (χ4v) is 7.02. The first-order valence-electron chi connectivity index (χ1n) is 13.6. The highest BCUT2D eigenvalue weighted by molar-refractivity contribution is 7.90. The number of alkyl carbamates (subject to hydrolysis) is 1. The first-order valence-corrected chi connectivity index (χ1v) is 15.0. The van der Waals surface area contributed by atoms with Crippen LogP contribution in [0.25, 0.3) is 21.7 Å². The highest BCUT2D eigenvalue weighted by Gasteiger charge is 2.30. The summed E-state index contributed by atoms with van der Waals surface area (Å²) in [7, 11) is -4.24. The van der Waals surface area contributed by atoms with E-state index in [-0.39, 0.29) is 33.8 Å². The van der Waals surface area contributed by atoms with Gasteiger partial charge < -0.3 is 15.4 Å². The molecule has 0 aliphatic heterocycles. The largest absolute Gasteiger partial charge is 0.444 e. The fourth-order valence-electron chi connectivity index (χ4n) is 5.30. The summed E-state index contributed by atoms with van der Waals surface area (Å²) in [6.07, 6.45) is 2.05. The van der Waals surface area contributed by atoms with Crippen molar-refractivity contribution >= 4 is 43.7 Å². The number of amides is 2. The van der Waals surface area contributed by atoms with Crippen LogP contribution in [0.1, 0.15) is 62.5 Å². The first-order chi connectivity index (χ1) is 19.5. The van der Waals surface area contributed by atoms with E-state index in [4.69, 9.17) is 4.74 Å². The number of hydrogen-bond donors (Lipinski definition) is 2. The molecule has 10 heteroatoms. The summed E-state index contributed by atoms with van der Waals surface area (Å²) < 4.78 is 34.9. The molecule has 2 amide bonds. The van der Waals surface area contributed by atoms with Gasteiger partial charge >= 0.3 is 6.09 Å². The molecule has 212 valence electrons. The Labute approximate surface area is 239 Å². The van der Waals surface area contributed by atoms with E-state index in [2.05, 4.69) is 16.7 Å². The van der Waals surface area contributed by atoms with E-state index >= 15 is 0 Å². The van der Waals surface area contributed by atoms with E-state index in [1.807, 2.05) is 18.2 Å². The lowest BCUT2D eigenvalue weighted by Crippen LogP contribution is -2.45. The SMILES string of the molecule is CC(C)(C)OC(=O)N[C@H]1CC[C@H](NC(=O)c2cc3ccc(C#N)cc3n2S(=O)(=O)c2cccc3ccccc23)CC1. The maximum Gasteiger partial charge on any atom is 0.407 e. The molecule has 9 nitrogen and oxygen atoms in total. The van der Waals surface area contributed by atoms with E-state index in [1.54, 1.807) is 57.2 Å². The molecule has 1 aromatic heterocycles. The number of hydrogen-bond acceptors (Lipinski definition) is 6. The standard InChI is InChI=1S/C31H32N4O5S/c1-31(2,3)40-30(37)34-24-15-13-23(14-16-24)33-29(36)27-18-22-12-11-20(19-32)17-26(22)35(27)41(38,39)28-10-6-8-21-7-4-5-9-25(21)28/h4-12,17-18,23-24H,13-16H2,1-3H3,(H,33,36)(H,34,37)/t23-,24-. The normalized spacial score (nSPS) is 17.6. The summed E-state index contributed by atoms with van der Waals surface area (Å²) in [6, 6.07) is 20.3. The third-order valence-electron chi connectivity index (χ3n) is 7.17. The van der Waals surface area contributed by atoms with Gasteiger partial charge in [-0.1, -0.05) is 42.5 Å². The van der Waals surface area contributed by atoms with Crippen LogP contribution in [0.3, 0.4) is 0 Å². The molecule has 4 aromatic rings. The Hall–Kier alpha value is -4.36. The van der Waals surface area contributed by atoms with Crippen molar-refractivity contribution in [3.8, 4) is 6.07 Å². The molecule has 0 radical (unpaired) electrons. The molecule has 1 fully saturated rings. The van der Waals surface area contributed by atoms with Gasteiger partial charge in [0.25, 0.3) is 15.9 Å². The minimum Gasteiger partial charge on any atom is -0.444 e. The van der Waals surface area contributed by atoms with Crippen LogP contribution in [-0.4, -0.2) is 42.1 Å². The molecule has 0 saturated heterocycles. The molecule has 41 heavy (non-hydrogen) atoms. The minimum atomic E-state index is -4.24. The van der Waals surface area contributed by atoms with Gasteiger partial charge in [-0.3, -0.25) is 4.79 Å². The molecule has 0 bridgehead atoms. The Bertz CT molecular complexity index is 1780. The maximum atomic E-state index is 14.2. The molecule has 2 N–H and O–H groups in total. The van der Waals surface area contributed by atoms with Crippen molar-refractivity contribution in [2.24, 2.45) is 0 Å². The average Bonchev–Trinajstić information content (AvgIpc) is 3.32. The van der Waals surface area contributed by atoms with E-state index in [0.29, 0.717) is 36.5 Å². The van der Waals surface area contributed by atoms with Gasteiger partial charge in [0.2, 0.25) is 0 Å². The first kappa shape index (κ1) is 28.2. The second-order valence-electron chi connectivity index (χ2n) is 11.3. The van der Waals surface area contributed by atoms with Crippen LogP contribution in [0.15, 0.2) is 71.6 Å². The number of ether oxygens (including phenoxy) is 1. The molecular weight excluding hydrogens is 540 g/mol. The summed E-state index contributed by atoms with van der Waals surface area (Å²) >= 11 is 0. The highest BCUT2D eigenvalue weighted by Crippen LogP contribution is 2.31. The lowest BCUT2D eigenvalue weighted by atomic mass is 9.91. The molecule has 0 atom stereocenters. The minimum absolute atomic E-state index is 0.0305. The van der Waals surface area contributed by atoms with Crippen molar-refractivity contribution in [1.82, 2.24) is 14.6 Å². The predicted octanol–water partition coefficient (Wildman–Crippen LogP) is 5.47. The third kappa shape index (κ3) is 5.91. The summed E-state index contributed by atoms with van der Waals surface area (Å²) in [6.45, 7) is 5.42. The number of fused-ring (bicyclic) bond motifs is 2. The summed E-state index contributed by atoms with van der Waals surface area (Å²) in [5.41, 5.74) is -0.0779. The Morgan fingerprint density at radius 3 is 2.24 bits per heavy atom. The third-order valence-corrected chi connectivity index (χ3v) is 8.96. The van der Waals surface area contributed by atoms with Gasteiger partial charge in [0.1, 0.15) is 11.3 Å². The van der Waals surface area contributed by atoms with Crippen molar-refractivity contribution in [3.05, 3.63) is 78.0 Å². The molecule has 1 aliphatic carbocycles. The van der Waals surface area contributed by atoms with Crippen LogP contribution in [0, 0.1) is 11.3 Å². The summed E-state index contributed by atoms with van der Waals surface area (Å²) in [5, 5.41) is 17.2. The summed E-state index contributed by atoms with van der Waals surface area (Å²) in [4.78, 5) is 25.9. The Morgan fingerprint density at radius 2 is 1.56 bits per heavy atom. The van der Waals surface area contributed by atoms with Gasteiger partial charge in [-0.15, -0.1) is 0 Å². The topological polar surface area (TPSA) is 130 Å². The number of nitrogens with zero attached hydrogens (tertiary/aromatic N) is 2. The van der Waals surface area contributed by atoms with Crippen LogP contribution in [0.2, 0.25) is 0 Å². The number of benzene rings is 3. The van der Waals surface area contributed by atoms with Crippen molar-refractivity contribution in [2.75, 3.05) is 0 Å². The van der Waals surface area contributed by atoms with Crippen LogP contribution < -0.4 is 10.6 Å². The second kappa shape index (κ2) is 10.9. The molecule has 5 rings (SSSR count). The van der Waals surface area contributed by atoms with E-state index < -0.39 is 27.6 Å².